The first-order chi connectivity index (χ1) is 11.6. The Morgan fingerprint density at radius 3 is 2.75 bits per heavy atom. The van der Waals surface area contributed by atoms with Gasteiger partial charge in [-0.25, -0.2) is 13.4 Å². The molecule has 6 nitrogen and oxygen atoms in total. The molecule has 0 aliphatic carbocycles. The lowest BCUT2D eigenvalue weighted by Crippen LogP contribution is -2.21. The van der Waals surface area contributed by atoms with E-state index in [9.17, 15) is 8.42 Å². The number of nitrogens with one attached hydrogen (secondary N) is 2. The SMILES string of the molecule is O=S1(=O)CCC(Nc2ccnc(NCCCc3ccccc3)n2)C1. The molecule has 1 fully saturated rings. The quantitative estimate of drug-likeness (QED) is 0.747. The molecule has 24 heavy (non-hydrogen) atoms. The molecule has 1 unspecified atom stereocenters. The second-order valence-corrected chi connectivity index (χ2v) is 8.25. The molecule has 1 aliphatic rings. The summed E-state index contributed by atoms with van der Waals surface area (Å²) in [6, 6.07) is 12.1. The van der Waals surface area contributed by atoms with E-state index in [0.717, 1.165) is 19.4 Å². The van der Waals surface area contributed by atoms with Crippen LogP contribution >= 0.6 is 0 Å². The fourth-order valence-corrected chi connectivity index (χ4v) is 4.45. The zero-order valence-corrected chi connectivity index (χ0v) is 14.3. The number of anilines is 2. The first kappa shape index (κ1) is 16.7. The summed E-state index contributed by atoms with van der Waals surface area (Å²) >= 11 is 0. The number of sulfone groups is 1. The highest BCUT2D eigenvalue weighted by Crippen LogP contribution is 2.16. The number of hydrogen-bond acceptors (Lipinski definition) is 6. The van der Waals surface area contributed by atoms with Crippen molar-refractivity contribution >= 4 is 21.6 Å². The predicted octanol–water partition coefficient (Wildman–Crippen LogP) is 2.12. The number of aromatic nitrogens is 2. The summed E-state index contributed by atoms with van der Waals surface area (Å²) in [6.45, 7) is 0.788. The second-order valence-electron chi connectivity index (χ2n) is 6.03. The van der Waals surface area contributed by atoms with Crippen molar-refractivity contribution in [1.29, 1.82) is 0 Å². The van der Waals surface area contributed by atoms with Crippen molar-refractivity contribution in [3.8, 4) is 0 Å². The van der Waals surface area contributed by atoms with E-state index in [1.807, 2.05) is 18.2 Å². The Hall–Kier alpha value is -2.15. The average molecular weight is 346 g/mol. The van der Waals surface area contributed by atoms with Gasteiger partial charge in [-0.15, -0.1) is 0 Å². The highest BCUT2D eigenvalue weighted by atomic mass is 32.2. The minimum absolute atomic E-state index is 0.0594. The smallest absolute Gasteiger partial charge is 0.224 e. The van der Waals surface area contributed by atoms with Crippen molar-refractivity contribution in [1.82, 2.24) is 9.97 Å². The van der Waals surface area contributed by atoms with Gasteiger partial charge in [0, 0.05) is 18.8 Å². The zero-order valence-electron chi connectivity index (χ0n) is 13.5. The Labute approximate surface area is 142 Å². The lowest BCUT2D eigenvalue weighted by molar-refractivity contribution is 0.602. The molecule has 3 rings (SSSR count). The molecule has 2 aromatic rings. The first-order valence-electron chi connectivity index (χ1n) is 8.18. The molecule has 0 amide bonds. The molecule has 0 radical (unpaired) electrons. The molecule has 0 saturated carbocycles. The summed E-state index contributed by atoms with van der Waals surface area (Å²) in [5, 5.41) is 6.40. The van der Waals surface area contributed by atoms with E-state index in [2.05, 4.69) is 32.7 Å². The Morgan fingerprint density at radius 2 is 2.00 bits per heavy atom. The van der Waals surface area contributed by atoms with Crippen LogP contribution in [0.25, 0.3) is 0 Å². The third-order valence-corrected chi connectivity index (χ3v) is 5.78. The van der Waals surface area contributed by atoms with Gasteiger partial charge in [0.15, 0.2) is 9.84 Å². The van der Waals surface area contributed by atoms with E-state index < -0.39 is 9.84 Å². The van der Waals surface area contributed by atoms with Gasteiger partial charge in [-0.05, 0) is 30.9 Å². The van der Waals surface area contributed by atoms with Crippen molar-refractivity contribution in [2.45, 2.75) is 25.3 Å². The van der Waals surface area contributed by atoms with Crippen LogP contribution in [-0.2, 0) is 16.3 Å². The lowest BCUT2D eigenvalue weighted by atomic mass is 10.1. The number of nitrogens with zero attached hydrogens (tertiary/aromatic N) is 2. The third-order valence-electron chi connectivity index (χ3n) is 4.01. The first-order valence-corrected chi connectivity index (χ1v) is 10.0. The van der Waals surface area contributed by atoms with E-state index in [-0.39, 0.29) is 17.5 Å². The van der Waals surface area contributed by atoms with E-state index >= 15 is 0 Å². The van der Waals surface area contributed by atoms with Gasteiger partial charge in [0.2, 0.25) is 5.95 Å². The van der Waals surface area contributed by atoms with Gasteiger partial charge in [-0.2, -0.15) is 4.98 Å². The number of aryl methyl sites for hydroxylation is 1. The third kappa shape index (κ3) is 4.92. The summed E-state index contributed by atoms with van der Waals surface area (Å²) in [6.07, 6.45) is 4.31. The van der Waals surface area contributed by atoms with E-state index in [1.54, 1.807) is 12.3 Å². The minimum atomic E-state index is -2.89. The molecular formula is C17H22N4O2S. The predicted molar refractivity (Wildman–Crippen MR) is 96.0 cm³/mol. The monoisotopic (exact) mass is 346 g/mol. The van der Waals surface area contributed by atoms with Crippen LogP contribution in [0, 0.1) is 0 Å². The number of hydrogen-bond donors (Lipinski definition) is 2. The highest BCUT2D eigenvalue weighted by Gasteiger charge is 2.27. The van der Waals surface area contributed by atoms with Crippen molar-refractivity contribution < 1.29 is 8.42 Å². The normalized spacial score (nSPS) is 19.1. The van der Waals surface area contributed by atoms with Crippen LogP contribution in [0.2, 0.25) is 0 Å². The van der Waals surface area contributed by atoms with Gasteiger partial charge >= 0.3 is 0 Å². The van der Waals surface area contributed by atoms with Crippen LogP contribution in [-0.4, -0.2) is 42.5 Å². The van der Waals surface area contributed by atoms with Gasteiger partial charge < -0.3 is 10.6 Å². The van der Waals surface area contributed by atoms with Gasteiger partial charge in [-0.3, -0.25) is 0 Å². The van der Waals surface area contributed by atoms with E-state index in [1.165, 1.54) is 5.56 Å². The fraction of sp³-hybridized carbons (Fsp3) is 0.412. The standard InChI is InChI=1S/C17H22N4O2S/c22-24(23)12-9-15(13-24)20-16-8-11-19-17(21-16)18-10-4-7-14-5-2-1-3-6-14/h1-3,5-6,8,11,15H,4,7,9-10,12-13H2,(H2,18,19,20,21). The van der Waals surface area contributed by atoms with Crippen LogP contribution in [0.15, 0.2) is 42.6 Å². The minimum Gasteiger partial charge on any atom is -0.366 e. The van der Waals surface area contributed by atoms with Crippen molar-refractivity contribution in [3.63, 3.8) is 0 Å². The van der Waals surface area contributed by atoms with Gasteiger partial charge in [0.1, 0.15) is 5.82 Å². The number of benzene rings is 1. The summed E-state index contributed by atoms with van der Waals surface area (Å²) < 4.78 is 23.0. The molecule has 7 heteroatoms. The maximum absolute atomic E-state index is 11.5. The molecule has 1 atom stereocenters. The lowest BCUT2D eigenvalue weighted by Gasteiger charge is -2.12. The molecule has 2 N–H and O–H groups in total. The zero-order chi connectivity index (χ0) is 16.8. The molecule has 1 saturated heterocycles. The molecule has 2 heterocycles. The van der Waals surface area contributed by atoms with Gasteiger partial charge in [-0.1, -0.05) is 30.3 Å². The van der Waals surface area contributed by atoms with Crippen LogP contribution in [0.4, 0.5) is 11.8 Å². The Kier molecular flexibility index (Phi) is 5.30. The Balaban J connectivity index is 1.47. The molecule has 1 aromatic carbocycles. The molecular weight excluding hydrogens is 324 g/mol. The fourth-order valence-electron chi connectivity index (χ4n) is 2.78. The van der Waals surface area contributed by atoms with Crippen molar-refractivity contribution in [2.24, 2.45) is 0 Å². The summed E-state index contributed by atoms with van der Waals surface area (Å²) in [5.74, 6) is 1.66. The van der Waals surface area contributed by atoms with E-state index in [4.69, 9.17) is 0 Å². The van der Waals surface area contributed by atoms with Crippen LogP contribution in [0.3, 0.4) is 0 Å². The number of rotatable bonds is 7. The Morgan fingerprint density at radius 1 is 1.17 bits per heavy atom. The van der Waals surface area contributed by atoms with Crippen LogP contribution < -0.4 is 10.6 Å². The van der Waals surface area contributed by atoms with E-state index in [0.29, 0.717) is 18.2 Å². The van der Waals surface area contributed by atoms with Gasteiger partial charge in [0.25, 0.3) is 0 Å². The molecule has 1 aromatic heterocycles. The molecule has 1 aliphatic heterocycles. The van der Waals surface area contributed by atoms with Crippen molar-refractivity contribution in [2.75, 3.05) is 28.7 Å². The summed E-state index contributed by atoms with van der Waals surface area (Å²) in [4.78, 5) is 8.61. The van der Waals surface area contributed by atoms with Crippen LogP contribution in [0.1, 0.15) is 18.4 Å². The van der Waals surface area contributed by atoms with Crippen LogP contribution in [0.5, 0.6) is 0 Å². The van der Waals surface area contributed by atoms with Crippen molar-refractivity contribution in [3.05, 3.63) is 48.2 Å². The Bertz CT molecular complexity index is 765. The summed E-state index contributed by atoms with van der Waals surface area (Å²) in [5.41, 5.74) is 1.32. The topological polar surface area (TPSA) is 84.0 Å². The largest absolute Gasteiger partial charge is 0.366 e. The molecule has 0 bridgehead atoms. The van der Waals surface area contributed by atoms with Gasteiger partial charge in [0.05, 0.1) is 11.5 Å². The second kappa shape index (κ2) is 7.61. The maximum atomic E-state index is 11.5. The molecule has 128 valence electrons. The maximum Gasteiger partial charge on any atom is 0.224 e. The average Bonchev–Trinajstić information content (AvgIpc) is 2.92. The molecule has 0 spiro atoms. The highest BCUT2D eigenvalue weighted by molar-refractivity contribution is 7.91. The summed E-state index contributed by atoms with van der Waals surface area (Å²) in [7, 11) is -2.89.